The lowest BCUT2D eigenvalue weighted by molar-refractivity contribution is -0.119. The van der Waals surface area contributed by atoms with Crippen LogP contribution in [0.3, 0.4) is 0 Å². The van der Waals surface area contributed by atoms with Crippen molar-refractivity contribution >= 4 is 11.7 Å². The van der Waals surface area contributed by atoms with Crippen LogP contribution in [0.5, 0.6) is 0 Å². The SMILES string of the molecule is CC(=O)N[C@@H](C)c1ccc(C(=O)Cn2cnc(C#N)n2)cc1. The average Bonchev–Trinajstić information content (AvgIpc) is 2.94. The molecule has 0 aliphatic heterocycles. The first-order valence-electron chi connectivity index (χ1n) is 6.69. The molecule has 0 fully saturated rings. The number of hydrogen-bond donors (Lipinski definition) is 1. The van der Waals surface area contributed by atoms with E-state index in [1.54, 1.807) is 30.3 Å². The van der Waals surface area contributed by atoms with Gasteiger partial charge >= 0.3 is 0 Å². The van der Waals surface area contributed by atoms with Crippen LogP contribution in [0.2, 0.25) is 0 Å². The molecule has 22 heavy (non-hydrogen) atoms. The summed E-state index contributed by atoms with van der Waals surface area (Å²) in [5.74, 6) is -0.201. The molecule has 1 heterocycles. The summed E-state index contributed by atoms with van der Waals surface area (Å²) < 4.78 is 1.33. The zero-order valence-electron chi connectivity index (χ0n) is 12.3. The maximum atomic E-state index is 12.1. The zero-order chi connectivity index (χ0) is 16.1. The first-order chi connectivity index (χ1) is 10.5. The van der Waals surface area contributed by atoms with Crippen LogP contribution in [-0.4, -0.2) is 26.5 Å². The minimum atomic E-state index is -0.131. The quantitative estimate of drug-likeness (QED) is 0.836. The third-order valence-corrected chi connectivity index (χ3v) is 3.09. The van der Waals surface area contributed by atoms with Crippen molar-refractivity contribution in [3.05, 3.63) is 47.5 Å². The van der Waals surface area contributed by atoms with Gasteiger partial charge in [-0.3, -0.25) is 9.59 Å². The standard InChI is InChI=1S/C15H15N5O2/c1-10(18-11(2)21)12-3-5-13(6-4-12)14(22)8-20-9-17-15(7-16)19-20/h3-6,9-10H,8H2,1-2H3,(H,18,21)/t10-/m0/s1. The summed E-state index contributed by atoms with van der Waals surface area (Å²) in [6.45, 7) is 3.36. The number of carbonyl (C=O) groups is 2. The molecule has 0 aliphatic carbocycles. The Kier molecular flexibility index (Phi) is 4.63. The fourth-order valence-corrected chi connectivity index (χ4v) is 2.01. The highest BCUT2D eigenvalue weighted by atomic mass is 16.1. The molecule has 0 saturated heterocycles. The van der Waals surface area contributed by atoms with Crippen LogP contribution in [0.1, 0.15) is 41.6 Å². The van der Waals surface area contributed by atoms with Gasteiger partial charge in [0.05, 0.1) is 6.04 Å². The molecule has 7 nitrogen and oxygen atoms in total. The fourth-order valence-electron chi connectivity index (χ4n) is 2.01. The lowest BCUT2D eigenvalue weighted by Crippen LogP contribution is -2.23. The number of carbonyl (C=O) groups excluding carboxylic acids is 2. The fraction of sp³-hybridized carbons (Fsp3) is 0.267. The van der Waals surface area contributed by atoms with E-state index in [1.807, 2.05) is 6.92 Å². The van der Waals surface area contributed by atoms with Crippen LogP contribution >= 0.6 is 0 Å². The molecule has 0 bridgehead atoms. The van der Waals surface area contributed by atoms with E-state index >= 15 is 0 Å². The monoisotopic (exact) mass is 297 g/mol. The van der Waals surface area contributed by atoms with Gasteiger partial charge in [-0.05, 0) is 12.5 Å². The van der Waals surface area contributed by atoms with E-state index in [0.29, 0.717) is 5.56 Å². The first-order valence-corrected chi connectivity index (χ1v) is 6.69. The van der Waals surface area contributed by atoms with E-state index in [4.69, 9.17) is 5.26 Å². The number of Topliss-reactive ketones (excluding diaryl/α,β-unsaturated/α-hetero) is 1. The molecule has 7 heteroatoms. The number of nitrogens with zero attached hydrogens (tertiary/aromatic N) is 4. The maximum Gasteiger partial charge on any atom is 0.252 e. The van der Waals surface area contributed by atoms with Gasteiger partial charge in [0.25, 0.3) is 5.82 Å². The smallest absolute Gasteiger partial charge is 0.252 e. The van der Waals surface area contributed by atoms with Crippen molar-refractivity contribution in [1.29, 1.82) is 5.26 Å². The van der Waals surface area contributed by atoms with Crippen LogP contribution < -0.4 is 5.32 Å². The Morgan fingerprint density at radius 1 is 1.36 bits per heavy atom. The zero-order valence-corrected chi connectivity index (χ0v) is 12.3. The minimum absolute atomic E-state index is 0.0231. The molecule has 1 amide bonds. The molecule has 0 radical (unpaired) electrons. The van der Waals surface area contributed by atoms with Crippen molar-refractivity contribution in [2.24, 2.45) is 0 Å². The lowest BCUT2D eigenvalue weighted by atomic mass is 10.0. The topological polar surface area (TPSA) is 101 Å². The molecule has 0 spiro atoms. The third kappa shape index (κ3) is 3.76. The molecule has 0 aliphatic rings. The van der Waals surface area contributed by atoms with Crippen molar-refractivity contribution in [2.45, 2.75) is 26.4 Å². The average molecular weight is 297 g/mol. The van der Waals surface area contributed by atoms with Gasteiger partial charge in [-0.1, -0.05) is 24.3 Å². The highest BCUT2D eigenvalue weighted by molar-refractivity contribution is 5.95. The number of aromatic nitrogens is 3. The molecule has 0 saturated carbocycles. The van der Waals surface area contributed by atoms with Crippen LogP contribution in [0.25, 0.3) is 0 Å². The van der Waals surface area contributed by atoms with Crippen molar-refractivity contribution in [1.82, 2.24) is 20.1 Å². The Bertz CT molecular complexity index is 727. The highest BCUT2D eigenvalue weighted by Gasteiger charge is 2.11. The second-order valence-electron chi connectivity index (χ2n) is 4.84. The summed E-state index contributed by atoms with van der Waals surface area (Å²) in [7, 11) is 0. The molecule has 112 valence electrons. The van der Waals surface area contributed by atoms with E-state index in [-0.39, 0.29) is 30.1 Å². The maximum absolute atomic E-state index is 12.1. The van der Waals surface area contributed by atoms with Crippen LogP contribution in [-0.2, 0) is 11.3 Å². The lowest BCUT2D eigenvalue weighted by Gasteiger charge is -2.13. The molecule has 1 aromatic heterocycles. The van der Waals surface area contributed by atoms with Crippen LogP contribution in [0.15, 0.2) is 30.6 Å². The van der Waals surface area contributed by atoms with E-state index in [2.05, 4.69) is 15.4 Å². The highest BCUT2D eigenvalue weighted by Crippen LogP contribution is 2.14. The summed E-state index contributed by atoms with van der Waals surface area (Å²) in [5.41, 5.74) is 1.45. The molecule has 2 aromatic rings. The van der Waals surface area contributed by atoms with E-state index in [9.17, 15) is 9.59 Å². The first kappa shape index (κ1) is 15.4. The van der Waals surface area contributed by atoms with Gasteiger partial charge in [0.2, 0.25) is 5.91 Å². The van der Waals surface area contributed by atoms with Crippen molar-refractivity contribution in [3.8, 4) is 6.07 Å². The van der Waals surface area contributed by atoms with Gasteiger partial charge in [-0.2, -0.15) is 5.26 Å². The van der Waals surface area contributed by atoms with Gasteiger partial charge in [0.15, 0.2) is 5.78 Å². The third-order valence-electron chi connectivity index (χ3n) is 3.09. The summed E-state index contributed by atoms with van der Waals surface area (Å²) in [6, 6.07) is 8.71. The van der Waals surface area contributed by atoms with Gasteiger partial charge in [-0.25, -0.2) is 9.67 Å². The Morgan fingerprint density at radius 3 is 2.59 bits per heavy atom. The number of rotatable bonds is 5. The number of ketones is 1. The second-order valence-corrected chi connectivity index (χ2v) is 4.84. The van der Waals surface area contributed by atoms with Crippen molar-refractivity contribution < 1.29 is 9.59 Å². The largest absolute Gasteiger partial charge is 0.350 e. The molecule has 1 atom stereocenters. The number of benzene rings is 1. The number of amides is 1. The van der Waals surface area contributed by atoms with Crippen molar-refractivity contribution in [3.63, 3.8) is 0 Å². The van der Waals surface area contributed by atoms with Gasteiger partial charge in [-0.15, -0.1) is 5.10 Å². The Balaban J connectivity index is 2.05. The van der Waals surface area contributed by atoms with Crippen molar-refractivity contribution in [2.75, 3.05) is 0 Å². The van der Waals surface area contributed by atoms with Crippen LogP contribution in [0, 0.1) is 11.3 Å². The second kappa shape index (κ2) is 6.63. The summed E-state index contributed by atoms with van der Waals surface area (Å²) in [5, 5.41) is 15.3. The molecule has 0 unspecified atom stereocenters. The Hall–Kier alpha value is -3.01. The normalized spacial score (nSPS) is 11.5. The van der Waals surface area contributed by atoms with E-state index < -0.39 is 0 Å². The summed E-state index contributed by atoms with van der Waals surface area (Å²) in [6.07, 6.45) is 1.35. The van der Waals surface area contributed by atoms with Gasteiger partial charge in [0.1, 0.15) is 18.9 Å². The Morgan fingerprint density at radius 2 is 2.05 bits per heavy atom. The van der Waals surface area contributed by atoms with Gasteiger partial charge in [0, 0.05) is 12.5 Å². The number of nitrogens with one attached hydrogen (secondary N) is 1. The number of nitriles is 1. The molecule has 1 aromatic carbocycles. The number of hydrogen-bond acceptors (Lipinski definition) is 5. The summed E-state index contributed by atoms with van der Waals surface area (Å²) >= 11 is 0. The molecule has 1 N–H and O–H groups in total. The molecular weight excluding hydrogens is 282 g/mol. The van der Waals surface area contributed by atoms with E-state index in [1.165, 1.54) is 17.9 Å². The minimum Gasteiger partial charge on any atom is -0.350 e. The predicted molar refractivity (Wildman–Crippen MR) is 77.7 cm³/mol. The van der Waals surface area contributed by atoms with E-state index in [0.717, 1.165) is 5.56 Å². The van der Waals surface area contributed by atoms with Gasteiger partial charge < -0.3 is 5.32 Å². The Labute approximate surface area is 127 Å². The van der Waals surface area contributed by atoms with Crippen LogP contribution in [0.4, 0.5) is 0 Å². The molecule has 2 rings (SSSR count). The summed E-state index contributed by atoms with van der Waals surface area (Å²) in [4.78, 5) is 26.9. The predicted octanol–water partition coefficient (Wildman–Crippen LogP) is 1.23. The molecular formula is C15H15N5O2.